The van der Waals surface area contributed by atoms with Gasteiger partial charge in [0, 0.05) is 38.1 Å². The maximum Gasteiger partial charge on any atom is 0.282 e. The number of nitrogens with zero attached hydrogens (tertiary/aromatic N) is 2. The van der Waals surface area contributed by atoms with Gasteiger partial charge in [-0.15, -0.1) is 0 Å². The molecule has 0 radical (unpaired) electrons. The molecule has 1 aromatic rings. The van der Waals surface area contributed by atoms with Crippen LogP contribution >= 0.6 is 0 Å². The highest BCUT2D eigenvalue weighted by atomic mass is 32.2. The number of benzene rings is 1. The van der Waals surface area contributed by atoms with Gasteiger partial charge >= 0.3 is 0 Å². The monoisotopic (exact) mass is 363 g/mol. The second-order valence-electron chi connectivity index (χ2n) is 7.96. The van der Waals surface area contributed by atoms with Crippen molar-refractivity contribution in [3.63, 3.8) is 0 Å². The molecule has 5 nitrogen and oxygen atoms in total. The van der Waals surface area contributed by atoms with E-state index in [0.717, 1.165) is 17.9 Å². The molecule has 6 heteroatoms. The van der Waals surface area contributed by atoms with Gasteiger partial charge < -0.3 is 5.73 Å². The molecule has 0 amide bonds. The van der Waals surface area contributed by atoms with Crippen LogP contribution in [0.1, 0.15) is 43.6 Å². The van der Waals surface area contributed by atoms with Gasteiger partial charge in [0.15, 0.2) is 0 Å². The Morgan fingerprint density at radius 2 is 1.60 bits per heavy atom. The van der Waals surface area contributed by atoms with Gasteiger partial charge in [-0.3, -0.25) is 0 Å². The fraction of sp³-hybridized carbons (Fsp3) is 0.684. The summed E-state index contributed by atoms with van der Waals surface area (Å²) >= 11 is 0. The van der Waals surface area contributed by atoms with E-state index in [1.165, 1.54) is 25.7 Å². The molecule has 0 spiro atoms. The lowest BCUT2D eigenvalue weighted by Gasteiger charge is -2.41. The number of rotatable bonds is 3. The first-order valence-corrected chi connectivity index (χ1v) is 11.0. The number of nitrogens with two attached hydrogens (primary N) is 1. The van der Waals surface area contributed by atoms with E-state index in [0.29, 0.717) is 32.1 Å². The third-order valence-electron chi connectivity index (χ3n) is 6.47. The molecule has 3 aliphatic rings. The highest BCUT2D eigenvalue weighted by molar-refractivity contribution is 7.86. The van der Waals surface area contributed by atoms with E-state index in [2.05, 4.69) is 0 Å². The fourth-order valence-electron chi connectivity index (χ4n) is 4.97. The van der Waals surface area contributed by atoms with Crippen LogP contribution in [0.4, 0.5) is 0 Å². The van der Waals surface area contributed by atoms with Crippen molar-refractivity contribution in [1.29, 1.82) is 0 Å². The van der Waals surface area contributed by atoms with Crippen LogP contribution in [0.3, 0.4) is 0 Å². The first-order valence-electron chi connectivity index (χ1n) is 9.61. The molecule has 2 aliphatic heterocycles. The number of piperidine rings is 1. The molecule has 4 atom stereocenters. The SMILES string of the molecule is N[C@@H]1CN(S(=O)(=O)N2CCC3CCCCC3C2)C[C@H]1c1ccccc1. The molecule has 25 heavy (non-hydrogen) atoms. The Morgan fingerprint density at radius 3 is 2.36 bits per heavy atom. The fourth-order valence-corrected chi connectivity index (χ4v) is 6.73. The lowest BCUT2D eigenvalue weighted by Crippen LogP contribution is -2.50. The van der Waals surface area contributed by atoms with Crippen molar-refractivity contribution >= 4 is 10.2 Å². The molecule has 1 aromatic carbocycles. The van der Waals surface area contributed by atoms with Gasteiger partial charge in [0.25, 0.3) is 10.2 Å². The topological polar surface area (TPSA) is 66.6 Å². The second-order valence-corrected chi connectivity index (χ2v) is 9.89. The minimum atomic E-state index is -3.40. The largest absolute Gasteiger partial charge is 0.326 e. The van der Waals surface area contributed by atoms with Gasteiger partial charge in [-0.2, -0.15) is 17.0 Å². The standard InChI is InChI=1S/C19H29N3O2S/c20-19-14-22(13-18(19)16-7-2-1-3-8-16)25(23,24)21-11-10-15-6-4-5-9-17(15)12-21/h1-3,7-8,15,17-19H,4-6,9-14,20H2/t15?,17?,18-,19+/m0/s1. The summed E-state index contributed by atoms with van der Waals surface area (Å²) in [7, 11) is -3.40. The van der Waals surface area contributed by atoms with Crippen LogP contribution in [-0.2, 0) is 10.2 Å². The van der Waals surface area contributed by atoms with Crippen molar-refractivity contribution in [2.75, 3.05) is 26.2 Å². The highest BCUT2D eigenvalue weighted by Gasteiger charge is 2.43. The van der Waals surface area contributed by atoms with Crippen molar-refractivity contribution < 1.29 is 8.42 Å². The lowest BCUT2D eigenvalue weighted by molar-refractivity contribution is 0.132. The van der Waals surface area contributed by atoms with E-state index in [1.807, 2.05) is 30.3 Å². The minimum absolute atomic E-state index is 0.0863. The van der Waals surface area contributed by atoms with Crippen LogP contribution in [0.15, 0.2) is 30.3 Å². The van der Waals surface area contributed by atoms with Gasteiger partial charge in [-0.25, -0.2) is 0 Å². The summed E-state index contributed by atoms with van der Waals surface area (Å²) in [4.78, 5) is 0. The third-order valence-corrected chi connectivity index (χ3v) is 8.40. The molecule has 2 heterocycles. The predicted molar refractivity (Wildman–Crippen MR) is 99.3 cm³/mol. The zero-order valence-electron chi connectivity index (χ0n) is 14.8. The van der Waals surface area contributed by atoms with Crippen LogP contribution < -0.4 is 5.73 Å². The molecule has 3 fully saturated rings. The van der Waals surface area contributed by atoms with E-state index in [-0.39, 0.29) is 12.0 Å². The van der Waals surface area contributed by atoms with E-state index in [4.69, 9.17) is 5.73 Å². The molecular weight excluding hydrogens is 334 g/mol. The van der Waals surface area contributed by atoms with Crippen molar-refractivity contribution in [3.05, 3.63) is 35.9 Å². The molecule has 4 rings (SSSR count). The molecule has 1 aliphatic carbocycles. The van der Waals surface area contributed by atoms with Crippen LogP contribution in [0.25, 0.3) is 0 Å². The van der Waals surface area contributed by atoms with Gasteiger partial charge in [0.1, 0.15) is 0 Å². The number of hydrogen-bond acceptors (Lipinski definition) is 3. The Bertz CT molecular complexity index is 694. The van der Waals surface area contributed by atoms with Crippen molar-refractivity contribution in [1.82, 2.24) is 8.61 Å². The Morgan fingerprint density at radius 1 is 0.880 bits per heavy atom. The van der Waals surface area contributed by atoms with Crippen LogP contribution in [0.5, 0.6) is 0 Å². The molecule has 0 bridgehead atoms. The molecule has 0 aromatic heterocycles. The Hall–Kier alpha value is -0.950. The second kappa shape index (κ2) is 6.99. The summed E-state index contributed by atoms with van der Waals surface area (Å²) < 4.78 is 29.7. The smallest absolute Gasteiger partial charge is 0.282 e. The molecule has 1 saturated carbocycles. The van der Waals surface area contributed by atoms with E-state index < -0.39 is 10.2 Å². The zero-order chi connectivity index (χ0) is 17.4. The van der Waals surface area contributed by atoms with Crippen molar-refractivity contribution in [2.45, 2.75) is 44.1 Å². The zero-order valence-corrected chi connectivity index (χ0v) is 15.6. The molecule has 2 unspecified atom stereocenters. The summed E-state index contributed by atoms with van der Waals surface area (Å²) in [6, 6.07) is 9.93. The van der Waals surface area contributed by atoms with Crippen molar-refractivity contribution in [3.8, 4) is 0 Å². The molecule has 2 N–H and O–H groups in total. The Balaban J connectivity index is 1.47. The summed E-state index contributed by atoms with van der Waals surface area (Å²) in [6.45, 7) is 2.30. The van der Waals surface area contributed by atoms with E-state index in [1.54, 1.807) is 8.61 Å². The maximum absolute atomic E-state index is 13.2. The highest BCUT2D eigenvalue weighted by Crippen LogP contribution is 2.38. The number of fused-ring (bicyclic) bond motifs is 1. The first-order chi connectivity index (χ1) is 12.1. The third kappa shape index (κ3) is 3.37. The van der Waals surface area contributed by atoms with Gasteiger partial charge in [0.05, 0.1) is 0 Å². The summed E-state index contributed by atoms with van der Waals surface area (Å²) in [5, 5.41) is 0. The minimum Gasteiger partial charge on any atom is -0.326 e. The van der Waals surface area contributed by atoms with Crippen LogP contribution in [-0.4, -0.2) is 49.2 Å². The van der Waals surface area contributed by atoms with E-state index >= 15 is 0 Å². The van der Waals surface area contributed by atoms with Gasteiger partial charge in [-0.1, -0.05) is 49.6 Å². The summed E-state index contributed by atoms with van der Waals surface area (Å²) in [5.74, 6) is 1.37. The quantitative estimate of drug-likeness (QED) is 0.895. The maximum atomic E-state index is 13.2. The van der Waals surface area contributed by atoms with Gasteiger partial charge in [0.2, 0.25) is 0 Å². The van der Waals surface area contributed by atoms with E-state index in [9.17, 15) is 8.42 Å². The predicted octanol–water partition coefficient (Wildman–Crippen LogP) is 2.17. The average Bonchev–Trinajstić information content (AvgIpc) is 3.04. The molecule has 2 saturated heterocycles. The average molecular weight is 364 g/mol. The van der Waals surface area contributed by atoms with Crippen LogP contribution in [0.2, 0.25) is 0 Å². The normalized spacial score (nSPS) is 34.8. The van der Waals surface area contributed by atoms with Gasteiger partial charge in [-0.05, 0) is 30.2 Å². The lowest BCUT2D eigenvalue weighted by atomic mass is 9.76. The molecular formula is C19H29N3O2S. The first kappa shape index (κ1) is 17.5. The van der Waals surface area contributed by atoms with Crippen molar-refractivity contribution in [2.24, 2.45) is 17.6 Å². The van der Waals surface area contributed by atoms with Crippen LogP contribution in [0, 0.1) is 11.8 Å². The Kier molecular flexibility index (Phi) is 4.88. The Labute approximate surface area is 151 Å². The summed E-state index contributed by atoms with van der Waals surface area (Å²) in [6.07, 6.45) is 6.05. The summed E-state index contributed by atoms with van der Waals surface area (Å²) in [5.41, 5.74) is 7.45. The molecule has 138 valence electrons. The number of hydrogen-bond donors (Lipinski definition) is 1.